The molecule has 0 bridgehead atoms. The van der Waals surface area contributed by atoms with Gasteiger partial charge in [0, 0.05) is 35.5 Å². The minimum atomic E-state index is -1.01. The molecule has 3 rings (SSSR count). The van der Waals surface area contributed by atoms with E-state index < -0.39 is 12.0 Å². The van der Waals surface area contributed by atoms with Crippen LogP contribution in [0.2, 0.25) is 0 Å². The monoisotopic (exact) mass is 445 g/mol. The molecule has 1 fully saturated rings. The molecule has 0 spiro atoms. The fraction of sp³-hybridized carbons (Fsp3) is 0.364. The van der Waals surface area contributed by atoms with Crippen molar-refractivity contribution in [2.75, 3.05) is 35.5 Å². The van der Waals surface area contributed by atoms with E-state index >= 15 is 0 Å². The van der Waals surface area contributed by atoms with E-state index in [1.807, 2.05) is 60.5 Å². The Morgan fingerprint density at radius 3 is 2.73 bits per heavy atom. The van der Waals surface area contributed by atoms with Gasteiger partial charge in [0.25, 0.3) is 5.91 Å². The fourth-order valence-corrected chi connectivity index (χ4v) is 4.71. The maximum atomic E-state index is 13.0. The number of hydrogen-bond donors (Lipinski definition) is 4. The third-order valence-corrected chi connectivity index (χ3v) is 6.56. The third-order valence-electron chi connectivity index (χ3n) is 4.91. The van der Waals surface area contributed by atoms with Crippen LogP contribution >= 0.6 is 23.5 Å². The van der Waals surface area contributed by atoms with Crippen LogP contribution in [0.1, 0.15) is 16.8 Å². The Bertz CT molecular complexity index is 858. The number of anilines is 1. The summed E-state index contributed by atoms with van der Waals surface area (Å²) in [7, 11) is 0. The lowest BCUT2D eigenvalue weighted by Gasteiger charge is -2.18. The lowest BCUT2D eigenvalue weighted by Crippen LogP contribution is -2.41. The van der Waals surface area contributed by atoms with Gasteiger partial charge in [0.2, 0.25) is 0 Å². The van der Waals surface area contributed by atoms with Gasteiger partial charge in [0.1, 0.15) is 6.04 Å². The number of carboxylic acids is 1. The molecular formula is C22H27N3O3S2. The van der Waals surface area contributed by atoms with Crippen molar-refractivity contribution in [3.63, 3.8) is 0 Å². The third kappa shape index (κ3) is 6.17. The van der Waals surface area contributed by atoms with Crippen LogP contribution in [-0.4, -0.2) is 59.2 Å². The molecule has 2 aromatic carbocycles. The van der Waals surface area contributed by atoms with Crippen LogP contribution in [0.25, 0.3) is 11.1 Å². The van der Waals surface area contributed by atoms with E-state index in [0.717, 1.165) is 35.0 Å². The molecule has 1 unspecified atom stereocenters. The predicted octanol–water partition coefficient (Wildman–Crippen LogP) is 3.36. The summed E-state index contributed by atoms with van der Waals surface area (Å²) in [5, 5.41) is 19.0. The summed E-state index contributed by atoms with van der Waals surface area (Å²) < 4.78 is 0. The maximum absolute atomic E-state index is 13.0. The zero-order valence-corrected chi connectivity index (χ0v) is 18.5. The van der Waals surface area contributed by atoms with Crippen LogP contribution in [0, 0.1) is 0 Å². The number of rotatable bonds is 10. The van der Waals surface area contributed by atoms with Crippen LogP contribution in [0.4, 0.5) is 5.69 Å². The van der Waals surface area contributed by atoms with Gasteiger partial charge in [-0.2, -0.15) is 11.8 Å². The molecule has 0 radical (unpaired) electrons. The zero-order valence-electron chi connectivity index (χ0n) is 16.9. The molecule has 1 heterocycles. The Kier molecular flexibility index (Phi) is 8.48. The summed E-state index contributed by atoms with van der Waals surface area (Å²) in [5.74, 6) is 1.33. The molecule has 0 aromatic heterocycles. The highest BCUT2D eigenvalue weighted by Crippen LogP contribution is 2.27. The van der Waals surface area contributed by atoms with Gasteiger partial charge in [0.05, 0.1) is 0 Å². The van der Waals surface area contributed by atoms with Crippen molar-refractivity contribution in [2.45, 2.75) is 18.5 Å². The van der Waals surface area contributed by atoms with Crippen molar-refractivity contribution in [3.8, 4) is 11.1 Å². The summed E-state index contributed by atoms with van der Waals surface area (Å²) >= 11 is 3.44. The molecule has 4 N–H and O–H groups in total. The first kappa shape index (κ1) is 22.5. The van der Waals surface area contributed by atoms with Crippen LogP contribution in [0.3, 0.4) is 0 Å². The number of nitrogens with one attached hydrogen (secondary N) is 3. The summed E-state index contributed by atoms with van der Waals surface area (Å²) in [4.78, 5) is 24.5. The van der Waals surface area contributed by atoms with Crippen LogP contribution in [0.5, 0.6) is 0 Å². The first-order chi connectivity index (χ1) is 14.6. The number of hydrogen-bond acceptors (Lipinski definition) is 6. The standard InChI is InChI=1S/C22H27N3O3S2/c1-29-10-9-20(22(27)28)25-21(26)18-8-7-16(23-12-17-13-30-14-24-17)11-19(18)15-5-3-2-4-6-15/h2-8,11,17,20,23-24H,9-10,12-14H2,1H3,(H,25,26)(H,27,28)/t17-,20?/m1/s1. The second-order valence-electron chi connectivity index (χ2n) is 7.07. The van der Waals surface area contributed by atoms with Gasteiger partial charge in [-0.25, -0.2) is 4.79 Å². The highest BCUT2D eigenvalue weighted by molar-refractivity contribution is 7.99. The molecule has 160 valence electrons. The first-order valence-corrected chi connectivity index (χ1v) is 12.4. The first-order valence-electron chi connectivity index (χ1n) is 9.85. The Hall–Kier alpha value is -2.16. The molecule has 0 aliphatic carbocycles. The maximum Gasteiger partial charge on any atom is 0.326 e. The lowest BCUT2D eigenvalue weighted by molar-refractivity contribution is -0.139. The summed E-state index contributed by atoms with van der Waals surface area (Å²) in [6, 6.07) is 14.8. The van der Waals surface area contributed by atoms with Gasteiger partial charge in [-0.15, -0.1) is 11.8 Å². The topological polar surface area (TPSA) is 90.5 Å². The van der Waals surface area contributed by atoms with Gasteiger partial charge < -0.3 is 21.1 Å². The minimum absolute atomic E-state index is 0.372. The Balaban J connectivity index is 1.82. The summed E-state index contributed by atoms with van der Waals surface area (Å²) in [6.07, 6.45) is 2.30. The smallest absolute Gasteiger partial charge is 0.326 e. The van der Waals surface area contributed by atoms with Gasteiger partial charge in [-0.05, 0) is 47.8 Å². The number of benzene rings is 2. The largest absolute Gasteiger partial charge is 0.480 e. The van der Waals surface area contributed by atoms with Gasteiger partial charge in [-0.1, -0.05) is 30.3 Å². The van der Waals surface area contributed by atoms with Crippen molar-refractivity contribution in [3.05, 3.63) is 54.1 Å². The van der Waals surface area contributed by atoms with E-state index in [1.54, 1.807) is 17.8 Å². The van der Waals surface area contributed by atoms with Crippen LogP contribution in [-0.2, 0) is 4.79 Å². The number of amides is 1. The van der Waals surface area contributed by atoms with Crippen LogP contribution in [0.15, 0.2) is 48.5 Å². The molecule has 1 amide bonds. The highest BCUT2D eigenvalue weighted by Gasteiger charge is 2.22. The van der Waals surface area contributed by atoms with Crippen molar-refractivity contribution < 1.29 is 14.7 Å². The molecular weight excluding hydrogens is 418 g/mol. The SMILES string of the molecule is CSCCC(NC(=O)c1ccc(NC[C@@H]2CSCN2)cc1-c1ccccc1)C(=O)O. The van der Waals surface area contributed by atoms with E-state index in [4.69, 9.17) is 0 Å². The van der Waals surface area contributed by atoms with Crippen molar-refractivity contribution in [1.29, 1.82) is 0 Å². The average molecular weight is 446 g/mol. The second-order valence-corrected chi connectivity index (χ2v) is 9.09. The normalized spacial score (nSPS) is 16.8. The fourth-order valence-electron chi connectivity index (χ4n) is 3.25. The van der Waals surface area contributed by atoms with E-state index in [-0.39, 0.29) is 5.91 Å². The van der Waals surface area contributed by atoms with Gasteiger partial charge in [-0.3, -0.25) is 4.79 Å². The molecule has 2 atom stereocenters. The van der Waals surface area contributed by atoms with Crippen molar-refractivity contribution in [2.24, 2.45) is 0 Å². The van der Waals surface area contributed by atoms with Gasteiger partial charge >= 0.3 is 5.97 Å². The molecule has 0 saturated carbocycles. The molecule has 1 aliphatic heterocycles. The minimum Gasteiger partial charge on any atom is -0.480 e. The molecule has 6 nitrogen and oxygen atoms in total. The average Bonchev–Trinajstić information content (AvgIpc) is 3.29. The predicted molar refractivity (Wildman–Crippen MR) is 127 cm³/mol. The zero-order chi connectivity index (χ0) is 21.3. The van der Waals surface area contributed by atoms with E-state index in [2.05, 4.69) is 16.0 Å². The summed E-state index contributed by atoms with van der Waals surface area (Å²) in [6.45, 7) is 0.808. The van der Waals surface area contributed by atoms with E-state index in [0.29, 0.717) is 23.8 Å². The quantitative estimate of drug-likeness (QED) is 0.446. The number of carbonyl (C=O) groups is 2. The number of thioether (sulfide) groups is 2. The lowest BCUT2D eigenvalue weighted by atomic mass is 9.98. The highest BCUT2D eigenvalue weighted by atomic mass is 32.2. The Morgan fingerprint density at radius 2 is 2.07 bits per heavy atom. The molecule has 8 heteroatoms. The molecule has 30 heavy (non-hydrogen) atoms. The second kappa shape index (κ2) is 11.3. The Morgan fingerprint density at radius 1 is 1.27 bits per heavy atom. The molecule has 1 saturated heterocycles. The summed E-state index contributed by atoms with van der Waals surface area (Å²) in [5.41, 5.74) is 3.09. The van der Waals surface area contributed by atoms with E-state index in [9.17, 15) is 14.7 Å². The number of carbonyl (C=O) groups excluding carboxylic acids is 1. The molecule has 2 aromatic rings. The van der Waals surface area contributed by atoms with Crippen molar-refractivity contribution >= 4 is 41.1 Å². The number of aliphatic carboxylic acids is 1. The van der Waals surface area contributed by atoms with Gasteiger partial charge in [0.15, 0.2) is 0 Å². The van der Waals surface area contributed by atoms with E-state index in [1.165, 1.54) is 0 Å². The van der Waals surface area contributed by atoms with Crippen LogP contribution < -0.4 is 16.0 Å². The Labute approximate surface area is 185 Å². The number of carboxylic acid groups (broad SMARTS) is 1. The molecule has 1 aliphatic rings. The van der Waals surface area contributed by atoms with Crippen molar-refractivity contribution in [1.82, 2.24) is 10.6 Å².